The van der Waals surface area contributed by atoms with Crippen LogP contribution in [0.15, 0.2) is 47.5 Å². The minimum absolute atomic E-state index is 0.119. The zero-order valence-electron chi connectivity index (χ0n) is 17.9. The lowest BCUT2D eigenvalue weighted by Crippen LogP contribution is -2.29. The van der Waals surface area contributed by atoms with Crippen molar-refractivity contribution in [1.82, 2.24) is 4.98 Å². The van der Waals surface area contributed by atoms with Crippen molar-refractivity contribution in [3.63, 3.8) is 0 Å². The number of anilines is 3. The third-order valence-corrected chi connectivity index (χ3v) is 6.47. The Morgan fingerprint density at radius 2 is 2.03 bits per heavy atom. The Labute approximate surface area is 194 Å². The monoisotopic (exact) mass is 483 g/mol. The molecule has 8 nitrogen and oxygen atoms in total. The molecular formula is C23H19F2N5O3S. The van der Waals surface area contributed by atoms with Gasteiger partial charge < -0.3 is 20.8 Å². The van der Waals surface area contributed by atoms with Crippen molar-refractivity contribution < 1.29 is 21.9 Å². The van der Waals surface area contributed by atoms with E-state index in [9.17, 15) is 12.8 Å². The predicted molar refractivity (Wildman–Crippen MR) is 125 cm³/mol. The van der Waals surface area contributed by atoms with E-state index >= 15 is 4.39 Å². The Hall–Kier alpha value is -4.17. The van der Waals surface area contributed by atoms with Crippen molar-refractivity contribution in [2.75, 3.05) is 35.6 Å². The zero-order valence-corrected chi connectivity index (χ0v) is 18.7. The van der Waals surface area contributed by atoms with Gasteiger partial charge in [-0.25, -0.2) is 22.2 Å². The maximum atomic E-state index is 15.0. The second-order valence-corrected chi connectivity index (χ2v) is 9.06. The molecular weight excluding hydrogens is 464 g/mol. The molecule has 2 heterocycles. The van der Waals surface area contributed by atoms with Gasteiger partial charge in [-0.05, 0) is 30.3 Å². The molecule has 0 fully saturated rings. The highest BCUT2D eigenvalue weighted by Crippen LogP contribution is 2.33. The Morgan fingerprint density at radius 1 is 1.24 bits per heavy atom. The number of fused-ring (bicyclic) bond motifs is 1. The molecule has 0 radical (unpaired) electrons. The molecule has 0 saturated carbocycles. The number of nitrogens with one attached hydrogen (secondary N) is 2. The van der Waals surface area contributed by atoms with E-state index in [1.54, 1.807) is 6.07 Å². The quantitative estimate of drug-likeness (QED) is 0.388. The molecule has 11 heteroatoms. The van der Waals surface area contributed by atoms with Crippen molar-refractivity contribution in [2.24, 2.45) is 0 Å². The van der Waals surface area contributed by atoms with Gasteiger partial charge in [-0.1, -0.05) is 11.8 Å². The number of benzene rings is 2. The normalized spacial score (nSPS) is 12.7. The number of aromatic nitrogens is 1. The first-order valence-electron chi connectivity index (χ1n) is 9.96. The van der Waals surface area contributed by atoms with Gasteiger partial charge in [0.2, 0.25) is 0 Å². The zero-order chi connectivity index (χ0) is 24.5. The SMILES string of the molecule is CN1CCOc2cc(S(=O)(=O)Nc3ccc(F)c(C#Cc4cnc(N)c(C=N)c4)c3F)ccc21. The van der Waals surface area contributed by atoms with E-state index < -0.39 is 32.9 Å². The molecule has 0 aliphatic carbocycles. The summed E-state index contributed by atoms with van der Waals surface area (Å²) in [6.45, 7) is 1.07. The van der Waals surface area contributed by atoms with Gasteiger partial charge in [-0.2, -0.15) is 0 Å². The largest absolute Gasteiger partial charge is 0.490 e. The molecule has 1 aliphatic heterocycles. The van der Waals surface area contributed by atoms with Crippen LogP contribution in [0.5, 0.6) is 5.75 Å². The van der Waals surface area contributed by atoms with Crippen LogP contribution in [0.4, 0.5) is 26.0 Å². The van der Waals surface area contributed by atoms with Crippen LogP contribution in [0.1, 0.15) is 16.7 Å². The van der Waals surface area contributed by atoms with E-state index in [2.05, 4.69) is 21.5 Å². The summed E-state index contributed by atoms with van der Waals surface area (Å²) in [4.78, 5) is 5.66. The minimum Gasteiger partial charge on any atom is -0.490 e. The van der Waals surface area contributed by atoms with Crippen LogP contribution in [0.3, 0.4) is 0 Å². The lowest BCUT2D eigenvalue weighted by molar-refractivity contribution is 0.310. The molecule has 0 unspecified atom stereocenters. The summed E-state index contributed by atoms with van der Waals surface area (Å²) < 4.78 is 62.8. The van der Waals surface area contributed by atoms with E-state index in [1.165, 1.54) is 24.4 Å². The average molecular weight is 484 g/mol. The number of hydrogen-bond acceptors (Lipinski definition) is 7. The Balaban J connectivity index is 1.66. The lowest BCUT2D eigenvalue weighted by Gasteiger charge is -2.27. The number of rotatable bonds is 4. The highest BCUT2D eigenvalue weighted by molar-refractivity contribution is 7.92. The van der Waals surface area contributed by atoms with Crippen LogP contribution < -0.4 is 20.1 Å². The van der Waals surface area contributed by atoms with Crippen molar-refractivity contribution in [1.29, 1.82) is 5.41 Å². The van der Waals surface area contributed by atoms with Gasteiger partial charge in [0, 0.05) is 36.7 Å². The van der Waals surface area contributed by atoms with Gasteiger partial charge in [0.05, 0.1) is 28.4 Å². The van der Waals surface area contributed by atoms with Crippen molar-refractivity contribution in [2.45, 2.75) is 4.90 Å². The number of pyridine rings is 1. The molecule has 0 bridgehead atoms. The molecule has 4 rings (SSSR count). The maximum Gasteiger partial charge on any atom is 0.262 e. The lowest BCUT2D eigenvalue weighted by atomic mass is 10.1. The molecule has 0 amide bonds. The maximum absolute atomic E-state index is 15.0. The number of ether oxygens (including phenoxy) is 1. The van der Waals surface area contributed by atoms with Crippen LogP contribution in [0, 0.1) is 28.9 Å². The number of likely N-dealkylation sites (N-methyl/N-ethyl adjacent to an activating group) is 1. The Kier molecular flexibility index (Phi) is 6.08. The van der Waals surface area contributed by atoms with Gasteiger partial charge in [0.25, 0.3) is 10.0 Å². The number of sulfonamides is 1. The summed E-state index contributed by atoms with van der Waals surface area (Å²) in [6, 6.07) is 7.67. The smallest absolute Gasteiger partial charge is 0.262 e. The second-order valence-electron chi connectivity index (χ2n) is 7.38. The van der Waals surface area contributed by atoms with Crippen LogP contribution in [-0.2, 0) is 10.0 Å². The third-order valence-electron chi connectivity index (χ3n) is 5.11. The summed E-state index contributed by atoms with van der Waals surface area (Å²) in [5.41, 5.74) is 5.85. The summed E-state index contributed by atoms with van der Waals surface area (Å²) in [6.07, 6.45) is 2.28. The topological polar surface area (TPSA) is 121 Å². The molecule has 0 spiro atoms. The summed E-state index contributed by atoms with van der Waals surface area (Å²) in [7, 11) is -2.35. The molecule has 0 saturated heterocycles. The van der Waals surface area contributed by atoms with E-state index in [4.69, 9.17) is 15.9 Å². The van der Waals surface area contributed by atoms with Gasteiger partial charge in [0.15, 0.2) is 5.82 Å². The predicted octanol–water partition coefficient (Wildman–Crippen LogP) is 2.97. The molecule has 0 atom stereocenters. The first kappa shape index (κ1) is 23.0. The van der Waals surface area contributed by atoms with Crippen molar-refractivity contribution >= 4 is 33.4 Å². The number of nitrogens with two attached hydrogens (primary N) is 1. The average Bonchev–Trinajstić information content (AvgIpc) is 2.81. The number of nitrogens with zero attached hydrogens (tertiary/aromatic N) is 2. The first-order chi connectivity index (χ1) is 16.2. The summed E-state index contributed by atoms with van der Waals surface area (Å²) in [5.74, 6) is 3.30. The van der Waals surface area contributed by atoms with E-state index in [0.29, 0.717) is 24.5 Å². The third kappa shape index (κ3) is 4.49. The fraction of sp³-hybridized carbons (Fsp3) is 0.130. The van der Waals surface area contributed by atoms with E-state index in [0.717, 1.165) is 24.0 Å². The highest BCUT2D eigenvalue weighted by Gasteiger charge is 2.23. The highest BCUT2D eigenvalue weighted by atomic mass is 32.2. The molecule has 1 aliphatic rings. The molecule has 174 valence electrons. The summed E-state index contributed by atoms with van der Waals surface area (Å²) in [5, 5.41) is 7.30. The number of nitrogen functional groups attached to an aromatic ring is 1. The van der Waals surface area contributed by atoms with Gasteiger partial charge in [-0.15, -0.1) is 0 Å². The van der Waals surface area contributed by atoms with Crippen LogP contribution in [0.25, 0.3) is 0 Å². The molecule has 4 N–H and O–H groups in total. The van der Waals surface area contributed by atoms with Gasteiger partial charge in [-0.3, -0.25) is 4.72 Å². The van der Waals surface area contributed by atoms with E-state index in [-0.39, 0.29) is 16.3 Å². The fourth-order valence-electron chi connectivity index (χ4n) is 3.27. The second kappa shape index (κ2) is 8.99. The van der Waals surface area contributed by atoms with Crippen LogP contribution in [0.2, 0.25) is 0 Å². The standard InChI is InChI=1S/C23H19F2N5O3S/c1-30-8-9-33-21-11-16(3-7-20(21)30)34(31,32)29-19-6-5-18(24)17(22(19)25)4-2-14-10-15(12-26)23(27)28-13-14/h3,5-7,10-13,26,29H,8-9H2,1H3,(H2,27,28). The van der Waals surface area contributed by atoms with E-state index in [1.807, 2.05) is 11.9 Å². The van der Waals surface area contributed by atoms with Crippen LogP contribution >= 0.6 is 0 Å². The van der Waals surface area contributed by atoms with Crippen LogP contribution in [-0.4, -0.2) is 39.8 Å². The minimum atomic E-state index is -4.21. The van der Waals surface area contributed by atoms with Gasteiger partial charge >= 0.3 is 0 Å². The molecule has 34 heavy (non-hydrogen) atoms. The molecule has 2 aromatic carbocycles. The fourth-order valence-corrected chi connectivity index (χ4v) is 4.34. The first-order valence-corrected chi connectivity index (χ1v) is 11.4. The Bertz CT molecular complexity index is 1470. The number of halogens is 2. The summed E-state index contributed by atoms with van der Waals surface area (Å²) >= 11 is 0. The van der Waals surface area contributed by atoms with Gasteiger partial charge in [0.1, 0.15) is 24.0 Å². The Morgan fingerprint density at radius 3 is 2.79 bits per heavy atom. The molecule has 1 aromatic heterocycles. The molecule has 3 aromatic rings. The number of hydrogen-bond donors (Lipinski definition) is 3. The van der Waals surface area contributed by atoms with Crippen molar-refractivity contribution in [3.8, 4) is 17.6 Å². The van der Waals surface area contributed by atoms with Crippen molar-refractivity contribution in [3.05, 3.63) is 70.9 Å².